The second-order valence-electron chi connectivity index (χ2n) is 6.57. The van der Waals surface area contributed by atoms with Gasteiger partial charge in [0.15, 0.2) is 5.65 Å². The van der Waals surface area contributed by atoms with Crippen LogP contribution in [0.4, 0.5) is 0 Å². The maximum absolute atomic E-state index is 12.8. The predicted molar refractivity (Wildman–Crippen MR) is 98.4 cm³/mol. The molecule has 6 heteroatoms. The van der Waals surface area contributed by atoms with E-state index in [1.807, 2.05) is 45.9 Å². The van der Waals surface area contributed by atoms with Crippen LogP contribution in [0.2, 0.25) is 0 Å². The number of hydrogen-bond acceptors (Lipinski definition) is 4. The van der Waals surface area contributed by atoms with Gasteiger partial charge in [-0.1, -0.05) is 12.1 Å². The summed E-state index contributed by atoms with van der Waals surface area (Å²) in [4.78, 5) is 28.1. The molecule has 26 heavy (non-hydrogen) atoms. The van der Waals surface area contributed by atoms with E-state index in [1.165, 1.54) is 0 Å². The molecule has 0 radical (unpaired) electrons. The van der Waals surface area contributed by atoms with Crippen LogP contribution in [0.3, 0.4) is 0 Å². The zero-order chi connectivity index (χ0) is 17.5. The highest BCUT2D eigenvalue weighted by molar-refractivity contribution is 5.81. The van der Waals surface area contributed by atoms with Crippen LogP contribution >= 0.6 is 0 Å². The number of para-hydroxylation sites is 2. The Morgan fingerprint density at radius 1 is 1.12 bits per heavy atom. The molecule has 4 aromatic rings. The highest BCUT2D eigenvalue weighted by Gasteiger charge is 2.22. The molecule has 128 valence electrons. The molecular formula is C20H17N5O. The highest BCUT2D eigenvalue weighted by atomic mass is 16.2. The van der Waals surface area contributed by atoms with Crippen molar-refractivity contribution >= 4 is 28.0 Å². The first-order valence-electron chi connectivity index (χ1n) is 8.69. The molecule has 1 amide bonds. The zero-order valence-corrected chi connectivity index (χ0v) is 14.2. The smallest absolute Gasteiger partial charge is 0.242 e. The molecule has 1 aliphatic rings. The lowest BCUT2D eigenvalue weighted by Crippen LogP contribution is -2.38. The maximum atomic E-state index is 12.8. The van der Waals surface area contributed by atoms with Gasteiger partial charge in [-0.3, -0.25) is 4.79 Å². The number of carbonyl (C=O) groups excluding carboxylic acids is 1. The molecule has 1 aromatic carbocycles. The molecule has 0 atom stereocenters. The van der Waals surface area contributed by atoms with E-state index in [0.29, 0.717) is 19.6 Å². The van der Waals surface area contributed by atoms with Gasteiger partial charge in [-0.15, -0.1) is 0 Å². The first-order chi connectivity index (χ1) is 12.8. The van der Waals surface area contributed by atoms with Crippen LogP contribution in [0, 0.1) is 0 Å². The number of fused-ring (bicyclic) bond motifs is 3. The third-order valence-corrected chi connectivity index (χ3v) is 4.92. The lowest BCUT2D eigenvalue weighted by atomic mass is 10.0. The lowest BCUT2D eigenvalue weighted by molar-refractivity contribution is -0.132. The average Bonchev–Trinajstić information content (AvgIpc) is 3.09. The number of rotatable bonds is 2. The fourth-order valence-electron chi connectivity index (χ4n) is 3.56. The second-order valence-corrected chi connectivity index (χ2v) is 6.57. The largest absolute Gasteiger partial charge is 0.336 e. The molecular weight excluding hydrogens is 326 g/mol. The third kappa shape index (κ3) is 2.50. The summed E-state index contributed by atoms with van der Waals surface area (Å²) in [7, 11) is 0. The molecule has 6 nitrogen and oxygen atoms in total. The van der Waals surface area contributed by atoms with Crippen molar-refractivity contribution in [3.05, 3.63) is 66.2 Å². The minimum Gasteiger partial charge on any atom is -0.336 e. The van der Waals surface area contributed by atoms with Gasteiger partial charge in [0.25, 0.3) is 0 Å². The van der Waals surface area contributed by atoms with Crippen molar-refractivity contribution in [2.24, 2.45) is 0 Å². The van der Waals surface area contributed by atoms with E-state index in [0.717, 1.165) is 39.7 Å². The first kappa shape index (κ1) is 15.0. The van der Waals surface area contributed by atoms with Gasteiger partial charge in [-0.05, 0) is 35.9 Å². The number of pyridine rings is 2. The van der Waals surface area contributed by atoms with E-state index in [2.05, 4.69) is 21.0 Å². The van der Waals surface area contributed by atoms with E-state index in [-0.39, 0.29) is 5.91 Å². The number of imidazole rings is 1. The summed E-state index contributed by atoms with van der Waals surface area (Å²) >= 11 is 0. The van der Waals surface area contributed by atoms with Crippen LogP contribution < -0.4 is 0 Å². The Labute approximate surface area is 150 Å². The Morgan fingerprint density at radius 2 is 2.04 bits per heavy atom. The Morgan fingerprint density at radius 3 is 3.00 bits per heavy atom. The number of aromatic nitrogens is 4. The highest BCUT2D eigenvalue weighted by Crippen LogP contribution is 2.22. The molecule has 0 bridgehead atoms. The van der Waals surface area contributed by atoms with Crippen LogP contribution in [-0.2, 0) is 24.3 Å². The monoisotopic (exact) mass is 343 g/mol. The molecule has 1 aliphatic heterocycles. The molecule has 0 fully saturated rings. The Kier molecular flexibility index (Phi) is 3.41. The van der Waals surface area contributed by atoms with E-state index >= 15 is 0 Å². The summed E-state index contributed by atoms with van der Waals surface area (Å²) in [6.45, 7) is 1.58. The Bertz CT molecular complexity index is 1130. The number of benzene rings is 1. The second kappa shape index (κ2) is 5.91. The van der Waals surface area contributed by atoms with Crippen molar-refractivity contribution in [1.82, 2.24) is 24.4 Å². The van der Waals surface area contributed by atoms with Gasteiger partial charge in [0.05, 0.1) is 17.4 Å². The lowest BCUT2D eigenvalue weighted by Gasteiger charge is -2.28. The van der Waals surface area contributed by atoms with Crippen LogP contribution in [0.1, 0.15) is 11.3 Å². The van der Waals surface area contributed by atoms with E-state index in [4.69, 9.17) is 0 Å². The number of amides is 1. The molecule has 0 saturated carbocycles. The van der Waals surface area contributed by atoms with Gasteiger partial charge in [0, 0.05) is 36.8 Å². The number of carbonyl (C=O) groups is 1. The third-order valence-electron chi connectivity index (χ3n) is 4.92. The first-order valence-corrected chi connectivity index (χ1v) is 8.69. The molecule has 3 aromatic heterocycles. The Balaban J connectivity index is 1.40. The summed E-state index contributed by atoms with van der Waals surface area (Å²) in [6, 6.07) is 13.9. The number of hydrogen-bond donors (Lipinski definition) is 0. The van der Waals surface area contributed by atoms with E-state index in [9.17, 15) is 4.79 Å². The fraction of sp³-hybridized carbons (Fsp3) is 0.200. The minimum absolute atomic E-state index is 0.102. The summed E-state index contributed by atoms with van der Waals surface area (Å²) in [5.41, 5.74) is 4.83. The molecule has 0 saturated heterocycles. The van der Waals surface area contributed by atoms with E-state index in [1.54, 1.807) is 12.5 Å². The Hall–Kier alpha value is -3.28. The van der Waals surface area contributed by atoms with Gasteiger partial charge in [0.1, 0.15) is 6.54 Å². The molecule has 0 spiro atoms. The van der Waals surface area contributed by atoms with Gasteiger partial charge in [0.2, 0.25) is 5.91 Å². The van der Waals surface area contributed by atoms with Crippen molar-refractivity contribution in [3.63, 3.8) is 0 Å². The summed E-state index contributed by atoms with van der Waals surface area (Å²) in [5, 5.41) is 1.01. The molecule has 0 unspecified atom stereocenters. The summed E-state index contributed by atoms with van der Waals surface area (Å²) < 4.78 is 1.91. The standard InChI is InChI=1S/C20H17N5O/c26-19(12-25-13-22-17-5-1-2-6-18(17)25)24-9-7-16-15(11-24)10-14-4-3-8-21-20(14)23-16/h1-6,8,10,13H,7,9,11-12H2. The SMILES string of the molecule is O=C(Cn1cnc2ccccc21)N1CCc2nc3ncccc3cc2C1. The van der Waals surface area contributed by atoms with Gasteiger partial charge < -0.3 is 9.47 Å². The van der Waals surface area contributed by atoms with Crippen molar-refractivity contribution in [2.45, 2.75) is 19.5 Å². The minimum atomic E-state index is 0.102. The van der Waals surface area contributed by atoms with Crippen molar-refractivity contribution in [3.8, 4) is 0 Å². The molecule has 5 rings (SSSR count). The van der Waals surface area contributed by atoms with Gasteiger partial charge in [-0.2, -0.15) is 0 Å². The van der Waals surface area contributed by atoms with Crippen LogP contribution in [-0.4, -0.2) is 36.9 Å². The fourth-order valence-corrected chi connectivity index (χ4v) is 3.56. The van der Waals surface area contributed by atoms with Gasteiger partial charge in [-0.25, -0.2) is 15.0 Å². The normalized spacial score (nSPS) is 13.9. The van der Waals surface area contributed by atoms with Crippen molar-refractivity contribution < 1.29 is 4.79 Å². The molecule has 4 heterocycles. The topological polar surface area (TPSA) is 63.9 Å². The van der Waals surface area contributed by atoms with E-state index < -0.39 is 0 Å². The maximum Gasteiger partial charge on any atom is 0.242 e. The molecule has 0 aliphatic carbocycles. The van der Waals surface area contributed by atoms with Gasteiger partial charge >= 0.3 is 0 Å². The number of nitrogens with zero attached hydrogens (tertiary/aromatic N) is 5. The van der Waals surface area contributed by atoms with Crippen molar-refractivity contribution in [2.75, 3.05) is 6.54 Å². The quantitative estimate of drug-likeness (QED) is 0.561. The molecule has 0 N–H and O–H groups in total. The van der Waals surface area contributed by atoms with Crippen molar-refractivity contribution in [1.29, 1.82) is 0 Å². The average molecular weight is 343 g/mol. The van der Waals surface area contributed by atoms with Crippen LogP contribution in [0.5, 0.6) is 0 Å². The summed E-state index contributed by atoms with van der Waals surface area (Å²) in [6.07, 6.45) is 4.26. The van der Waals surface area contributed by atoms with Crippen LogP contribution in [0.25, 0.3) is 22.1 Å². The summed E-state index contributed by atoms with van der Waals surface area (Å²) in [5.74, 6) is 0.102. The predicted octanol–water partition coefficient (Wildman–Crippen LogP) is 2.56. The van der Waals surface area contributed by atoms with Crippen LogP contribution in [0.15, 0.2) is 55.0 Å². The zero-order valence-electron chi connectivity index (χ0n) is 14.2.